The minimum atomic E-state index is -0.326. The Labute approximate surface area is 120 Å². The van der Waals surface area contributed by atoms with Gasteiger partial charge < -0.3 is 10.4 Å². The maximum atomic E-state index is 13.8. The SMILES string of the molecule is Cc1ccc(O)c(C(C)Nc2ccc(Br)cc2F)c1. The third-order valence-corrected chi connectivity index (χ3v) is 3.45. The highest BCUT2D eigenvalue weighted by atomic mass is 79.9. The Kier molecular flexibility index (Phi) is 4.10. The quantitative estimate of drug-likeness (QED) is 0.852. The number of nitrogens with one attached hydrogen (secondary N) is 1. The van der Waals surface area contributed by atoms with E-state index in [0.717, 1.165) is 11.1 Å². The molecule has 2 aromatic carbocycles. The van der Waals surface area contributed by atoms with Crippen LogP contribution in [-0.4, -0.2) is 5.11 Å². The van der Waals surface area contributed by atoms with Gasteiger partial charge in [-0.15, -0.1) is 0 Å². The first-order valence-electron chi connectivity index (χ1n) is 5.98. The van der Waals surface area contributed by atoms with Gasteiger partial charge in [0.25, 0.3) is 0 Å². The van der Waals surface area contributed by atoms with E-state index < -0.39 is 0 Å². The van der Waals surface area contributed by atoms with Gasteiger partial charge in [0.1, 0.15) is 11.6 Å². The number of aryl methyl sites for hydroxylation is 1. The summed E-state index contributed by atoms with van der Waals surface area (Å²) in [5.74, 6) is -0.114. The minimum absolute atomic E-state index is 0.185. The second-order valence-electron chi connectivity index (χ2n) is 4.55. The van der Waals surface area contributed by atoms with Crippen LogP contribution >= 0.6 is 15.9 Å². The Balaban J connectivity index is 2.25. The van der Waals surface area contributed by atoms with Gasteiger partial charge in [-0.05, 0) is 38.1 Å². The number of halogens is 2. The van der Waals surface area contributed by atoms with Gasteiger partial charge in [0.2, 0.25) is 0 Å². The van der Waals surface area contributed by atoms with Gasteiger partial charge in [-0.1, -0.05) is 33.6 Å². The lowest BCUT2D eigenvalue weighted by Gasteiger charge is -2.18. The van der Waals surface area contributed by atoms with E-state index in [2.05, 4.69) is 21.2 Å². The van der Waals surface area contributed by atoms with E-state index >= 15 is 0 Å². The average Bonchev–Trinajstić information content (AvgIpc) is 2.35. The maximum Gasteiger partial charge on any atom is 0.147 e. The minimum Gasteiger partial charge on any atom is -0.508 e. The molecule has 2 N–H and O–H groups in total. The van der Waals surface area contributed by atoms with E-state index in [0.29, 0.717) is 10.2 Å². The predicted molar refractivity (Wildman–Crippen MR) is 79.0 cm³/mol. The van der Waals surface area contributed by atoms with Crippen molar-refractivity contribution in [2.75, 3.05) is 5.32 Å². The molecular weight excluding hydrogens is 309 g/mol. The summed E-state index contributed by atoms with van der Waals surface area (Å²) < 4.78 is 14.4. The third kappa shape index (κ3) is 3.26. The fourth-order valence-corrected chi connectivity index (χ4v) is 2.27. The summed E-state index contributed by atoms with van der Waals surface area (Å²) in [5.41, 5.74) is 2.22. The molecule has 0 spiro atoms. The van der Waals surface area contributed by atoms with Gasteiger partial charge in [0.05, 0.1) is 11.7 Å². The lowest BCUT2D eigenvalue weighted by Crippen LogP contribution is -2.08. The highest BCUT2D eigenvalue weighted by Gasteiger charge is 2.12. The van der Waals surface area contributed by atoms with Crippen molar-refractivity contribution in [3.05, 3.63) is 57.8 Å². The summed E-state index contributed by atoms with van der Waals surface area (Å²) in [6.07, 6.45) is 0. The number of anilines is 1. The number of aromatic hydroxyl groups is 1. The van der Waals surface area contributed by atoms with Crippen LogP contribution in [0.1, 0.15) is 24.1 Å². The highest BCUT2D eigenvalue weighted by molar-refractivity contribution is 9.10. The second kappa shape index (κ2) is 5.61. The fraction of sp³-hybridized carbons (Fsp3) is 0.200. The van der Waals surface area contributed by atoms with Crippen molar-refractivity contribution in [1.29, 1.82) is 0 Å². The van der Waals surface area contributed by atoms with Crippen LogP contribution in [0, 0.1) is 12.7 Å². The molecule has 2 nitrogen and oxygen atoms in total. The zero-order valence-corrected chi connectivity index (χ0v) is 12.3. The van der Waals surface area contributed by atoms with E-state index in [1.165, 1.54) is 6.07 Å². The Hall–Kier alpha value is -1.55. The molecule has 0 saturated heterocycles. The molecule has 4 heteroatoms. The van der Waals surface area contributed by atoms with E-state index in [1.54, 1.807) is 18.2 Å². The lowest BCUT2D eigenvalue weighted by molar-refractivity contribution is 0.465. The normalized spacial score (nSPS) is 12.2. The maximum absolute atomic E-state index is 13.8. The molecule has 0 fully saturated rings. The van der Waals surface area contributed by atoms with Crippen molar-refractivity contribution in [1.82, 2.24) is 0 Å². The first-order valence-corrected chi connectivity index (χ1v) is 6.78. The second-order valence-corrected chi connectivity index (χ2v) is 5.47. The van der Waals surface area contributed by atoms with Crippen LogP contribution in [-0.2, 0) is 0 Å². The zero-order chi connectivity index (χ0) is 14.0. The van der Waals surface area contributed by atoms with Crippen molar-refractivity contribution >= 4 is 21.6 Å². The largest absolute Gasteiger partial charge is 0.508 e. The van der Waals surface area contributed by atoms with Crippen molar-refractivity contribution in [2.45, 2.75) is 19.9 Å². The van der Waals surface area contributed by atoms with Gasteiger partial charge in [-0.3, -0.25) is 0 Å². The molecule has 0 amide bonds. The van der Waals surface area contributed by atoms with Crippen molar-refractivity contribution in [3.63, 3.8) is 0 Å². The molecule has 0 aromatic heterocycles. The number of hydrogen-bond acceptors (Lipinski definition) is 2. The van der Waals surface area contributed by atoms with Crippen LogP contribution < -0.4 is 5.32 Å². The van der Waals surface area contributed by atoms with Crippen LogP contribution in [0.15, 0.2) is 40.9 Å². The molecular formula is C15H15BrFNO. The summed E-state index contributed by atoms with van der Waals surface area (Å²) in [5, 5.41) is 12.9. The topological polar surface area (TPSA) is 32.3 Å². The van der Waals surface area contributed by atoms with Crippen LogP contribution in [0.5, 0.6) is 5.75 Å². The first-order chi connectivity index (χ1) is 8.97. The molecule has 0 heterocycles. The van der Waals surface area contributed by atoms with Crippen LogP contribution in [0.2, 0.25) is 0 Å². The molecule has 19 heavy (non-hydrogen) atoms. The van der Waals surface area contributed by atoms with Crippen LogP contribution in [0.3, 0.4) is 0 Å². The summed E-state index contributed by atoms with van der Waals surface area (Å²) >= 11 is 3.22. The van der Waals surface area contributed by atoms with E-state index in [4.69, 9.17) is 0 Å². The smallest absolute Gasteiger partial charge is 0.147 e. The Bertz CT molecular complexity index is 601. The molecule has 0 aliphatic heterocycles. The zero-order valence-electron chi connectivity index (χ0n) is 10.7. The lowest BCUT2D eigenvalue weighted by atomic mass is 10.0. The third-order valence-electron chi connectivity index (χ3n) is 2.95. The molecule has 0 bridgehead atoms. The summed E-state index contributed by atoms with van der Waals surface area (Å²) in [6.45, 7) is 3.84. The molecule has 0 aliphatic rings. The number of rotatable bonds is 3. The van der Waals surface area contributed by atoms with Crippen molar-refractivity contribution < 1.29 is 9.50 Å². The Morgan fingerprint density at radius 1 is 1.21 bits per heavy atom. The highest BCUT2D eigenvalue weighted by Crippen LogP contribution is 2.29. The molecule has 2 aromatic rings. The molecule has 1 unspecified atom stereocenters. The summed E-state index contributed by atoms with van der Waals surface area (Å²) in [6, 6.07) is 10.0. The standard InChI is InChI=1S/C15H15BrFNO/c1-9-3-6-15(19)12(7-9)10(2)18-14-5-4-11(16)8-13(14)17/h3-8,10,18-19H,1-2H3. The average molecular weight is 324 g/mol. The van der Waals surface area contributed by atoms with Crippen LogP contribution in [0.25, 0.3) is 0 Å². The van der Waals surface area contributed by atoms with Crippen molar-refractivity contribution in [3.8, 4) is 5.75 Å². The van der Waals surface area contributed by atoms with E-state index in [9.17, 15) is 9.50 Å². The molecule has 2 rings (SSSR count). The molecule has 0 aliphatic carbocycles. The predicted octanol–water partition coefficient (Wildman–Crippen LogP) is 4.78. The summed E-state index contributed by atoms with van der Waals surface area (Å²) in [4.78, 5) is 0. The number of benzene rings is 2. The number of hydrogen-bond donors (Lipinski definition) is 2. The Morgan fingerprint density at radius 3 is 2.63 bits per heavy atom. The van der Waals surface area contributed by atoms with Gasteiger partial charge >= 0.3 is 0 Å². The van der Waals surface area contributed by atoms with Gasteiger partial charge in [-0.2, -0.15) is 0 Å². The van der Waals surface area contributed by atoms with Crippen molar-refractivity contribution in [2.24, 2.45) is 0 Å². The fourth-order valence-electron chi connectivity index (χ4n) is 1.94. The molecule has 1 atom stereocenters. The van der Waals surface area contributed by atoms with E-state index in [-0.39, 0.29) is 17.6 Å². The number of phenols is 1. The van der Waals surface area contributed by atoms with Gasteiger partial charge in [0, 0.05) is 10.0 Å². The Morgan fingerprint density at radius 2 is 1.95 bits per heavy atom. The molecule has 0 radical (unpaired) electrons. The monoisotopic (exact) mass is 323 g/mol. The van der Waals surface area contributed by atoms with Gasteiger partial charge in [0.15, 0.2) is 0 Å². The molecule has 100 valence electrons. The van der Waals surface area contributed by atoms with Gasteiger partial charge in [-0.25, -0.2) is 4.39 Å². The van der Waals surface area contributed by atoms with Crippen LogP contribution in [0.4, 0.5) is 10.1 Å². The van der Waals surface area contributed by atoms with E-state index in [1.807, 2.05) is 26.0 Å². The molecule has 0 saturated carbocycles. The number of phenolic OH excluding ortho intramolecular Hbond substituents is 1. The first kappa shape index (κ1) is 13.9. The summed E-state index contributed by atoms with van der Waals surface area (Å²) in [7, 11) is 0.